The number of rotatable bonds is 2. The van der Waals surface area contributed by atoms with Gasteiger partial charge in [0.25, 0.3) is 12.2 Å². The van der Waals surface area contributed by atoms with Crippen LogP contribution in [0.1, 0.15) is 6.92 Å². The molecule has 1 unspecified atom stereocenters. The molecule has 3 amide bonds. The van der Waals surface area contributed by atoms with Crippen LogP contribution >= 0.6 is 93.5 Å². The standard InChI is InChI=1S/C6H4Cl6N2O2S2/c1-2-3(15)14(18-6(10,11)12)4(16)13(2)17-5(7,8)9/h2H,1H3. The molecule has 1 aliphatic heterocycles. The van der Waals surface area contributed by atoms with Crippen molar-refractivity contribution in [3.8, 4) is 0 Å². The molecule has 0 saturated carbocycles. The van der Waals surface area contributed by atoms with Crippen LogP contribution in [0, 0.1) is 0 Å². The fourth-order valence-electron chi connectivity index (χ4n) is 1.04. The van der Waals surface area contributed by atoms with Crippen LogP contribution in [0.5, 0.6) is 0 Å². The van der Waals surface area contributed by atoms with Crippen molar-refractivity contribution < 1.29 is 9.59 Å². The monoisotopic (exact) mass is 410 g/mol. The van der Waals surface area contributed by atoms with Gasteiger partial charge in [0.05, 0.1) is 0 Å². The number of imide groups is 1. The molecule has 1 saturated heterocycles. The highest BCUT2D eigenvalue weighted by Gasteiger charge is 2.49. The summed E-state index contributed by atoms with van der Waals surface area (Å²) in [5, 5.41) is 0. The van der Waals surface area contributed by atoms with Gasteiger partial charge in [0.1, 0.15) is 6.04 Å². The molecule has 0 aromatic carbocycles. The van der Waals surface area contributed by atoms with Crippen LogP contribution in [-0.4, -0.2) is 32.8 Å². The molecule has 0 bridgehead atoms. The molecule has 0 spiro atoms. The molecular formula is C6H4Cl6N2O2S2. The van der Waals surface area contributed by atoms with Gasteiger partial charge in [-0.25, -0.2) is 4.79 Å². The Balaban J connectivity index is 2.87. The molecule has 0 radical (unpaired) electrons. The number of urea groups is 1. The smallest absolute Gasteiger partial charge is 0.271 e. The maximum absolute atomic E-state index is 11.9. The van der Waals surface area contributed by atoms with Gasteiger partial charge in [0.15, 0.2) is 0 Å². The van der Waals surface area contributed by atoms with Crippen molar-refractivity contribution in [3.63, 3.8) is 0 Å². The molecule has 0 aliphatic carbocycles. The molecule has 104 valence electrons. The molecule has 0 aromatic heterocycles. The Morgan fingerprint density at radius 2 is 1.44 bits per heavy atom. The normalized spacial score (nSPS) is 22.1. The number of hydrogen-bond donors (Lipinski definition) is 0. The molecule has 1 aliphatic rings. The van der Waals surface area contributed by atoms with E-state index >= 15 is 0 Å². The number of amides is 3. The van der Waals surface area contributed by atoms with Gasteiger partial charge in [-0.3, -0.25) is 9.10 Å². The van der Waals surface area contributed by atoms with Gasteiger partial charge >= 0.3 is 6.03 Å². The SMILES string of the molecule is CC1C(=O)N(SC(Cl)(Cl)Cl)C(=O)N1SC(Cl)(Cl)Cl. The second-order valence-corrected chi connectivity index (χ2v) is 11.2. The minimum atomic E-state index is -1.84. The van der Waals surface area contributed by atoms with Gasteiger partial charge in [0.2, 0.25) is 0 Å². The second-order valence-electron chi connectivity index (χ2n) is 2.99. The van der Waals surface area contributed by atoms with E-state index in [1.54, 1.807) is 0 Å². The van der Waals surface area contributed by atoms with Crippen LogP contribution < -0.4 is 0 Å². The zero-order chi connectivity index (χ0) is 14.3. The Labute approximate surface area is 142 Å². The molecule has 0 aromatic rings. The number of carbonyl (C=O) groups excluding carboxylic acids is 2. The fraction of sp³-hybridized carbons (Fsp3) is 0.667. The van der Waals surface area contributed by atoms with Crippen molar-refractivity contribution in [1.29, 1.82) is 0 Å². The maximum atomic E-state index is 11.9. The molecule has 0 N–H and O–H groups in total. The number of nitrogens with zero attached hydrogens (tertiary/aromatic N) is 2. The molecule has 4 nitrogen and oxygen atoms in total. The van der Waals surface area contributed by atoms with Crippen LogP contribution in [0.15, 0.2) is 0 Å². The van der Waals surface area contributed by atoms with Crippen molar-refractivity contribution >= 4 is 105 Å². The molecule has 12 heteroatoms. The van der Waals surface area contributed by atoms with Crippen LogP contribution in [0.25, 0.3) is 0 Å². The first-order valence-corrected chi connectivity index (χ1v) is 7.93. The first kappa shape index (κ1) is 17.4. The second kappa shape index (κ2) is 6.02. The first-order chi connectivity index (χ1) is 7.92. The topological polar surface area (TPSA) is 40.6 Å². The predicted molar refractivity (Wildman–Crippen MR) is 79.3 cm³/mol. The lowest BCUT2D eigenvalue weighted by atomic mass is 10.4. The summed E-state index contributed by atoms with van der Waals surface area (Å²) >= 11 is 34.3. The van der Waals surface area contributed by atoms with Gasteiger partial charge in [-0.1, -0.05) is 69.6 Å². The van der Waals surface area contributed by atoms with E-state index in [0.717, 1.165) is 8.61 Å². The summed E-state index contributed by atoms with van der Waals surface area (Å²) in [5.41, 5.74) is 0. The van der Waals surface area contributed by atoms with Crippen molar-refractivity contribution in [3.05, 3.63) is 0 Å². The third-order valence-electron chi connectivity index (χ3n) is 1.67. The lowest BCUT2D eigenvalue weighted by Gasteiger charge is -2.21. The quantitative estimate of drug-likeness (QED) is 0.378. The Hall–Kier alpha value is 1.38. The van der Waals surface area contributed by atoms with Gasteiger partial charge < -0.3 is 0 Å². The van der Waals surface area contributed by atoms with E-state index in [1.165, 1.54) is 6.92 Å². The summed E-state index contributed by atoms with van der Waals surface area (Å²) < 4.78 is -1.88. The van der Waals surface area contributed by atoms with Crippen LogP contribution in [0.4, 0.5) is 4.79 Å². The van der Waals surface area contributed by atoms with Gasteiger partial charge in [-0.2, -0.15) is 4.31 Å². The highest BCUT2D eigenvalue weighted by atomic mass is 35.6. The van der Waals surface area contributed by atoms with E-state index in [0.29, 0.717) is 23.9 Å². The minimum Gasteiger partial charge on any atom is -0.271 e. The van der Waals surface area contributed by atoms with E-state index in [1.807, 2.05) is 0 Å². The highest BCUT2D eigenvalue weighted by Crippen LogP contribution is 2.48. The Morgan fingerprint density at radius 1 is 1.00 bits per heavy atom. The first-order valence-electron chi connectivity index (χ1n) is 4.11. The van der Waals surface area contributed by atoms with Gasteiger partial charge in [-0.15, -0.1) is 0 Å². The zero-order valence-corrected chi connectivity index (χ0v) is 14.5. The number of hydrogen-bond acceptors (Lipinski definition) is 4. The number of halogens is 6. The summed E-state index contributed by atoms with van der Waals surface area (Å²) in [6.07, 6.45) is 0. The van der Waals surface area contributed by atoms with Crippen LogP contribution in [0.2, 0.25) is 0 Å². The highest BCUT2D eigenvalue weighted by molar-refractivity contribution is 8.04. The molecule has 18 heavy (non-hydrogen) atoms. The zero-order valence-electron chi connectivity index (χ0n) is 8.37. The molecule has 1 rings (SSSR count). The summed E-state index contributed by atoms with van der Waals surface area (Å²) in [4.78, 5) is 23.7. The van der Waals surface area contributed by atoms with E-state index in [2.05, 4.69) is 0 Å². The summed E-state index contributed by atoms with van der Waals surface area (Å²) in [6.45, 7) is 1.47. The van der Waals surface area contributed by atoms with Gasteiger partial charge in [-0.05, 0) is 6.92 Å². The summed E-state index contributed by atoms with van der Waals surface area (Å²) in [7, 11) is 0. The van der Waals surface area contributed by atoms with Crippen LogP contribution in [0.3, 0.4) is 0 Å². The summed E-state index contributed by atoms with van der Waals surface area (Å²) in [5.74, 6) is -0.557. The van der Waals surface area contributed by atoms with E-state index in [-0.39, 0.29) is 0 Å². The Bertz CT molecular complexity index is 370. The Morgan fingerprint density at radius 3 is 1.83 bits per heavy atom. The third kappa shape index (κ3) is 4.74. The average molecular weight is 413 g/mol. The van der Waals surface area contributed by atoms with Crippen LogP contribution in [-0.2, 0) is 4.79 Å². The lowest BCUT2D eigenvalue weighted by Crippen LogP contribution is -2.29. The average Bonchev–Trinajstić information content (AvgIpc) is 2.31. The van der Waals surface area contributed by atoms with E-state index < -0.39 is 24.2 Å². The van der Waals surface area contributed by atoms with Crippen molar-refractivity contribution in [1.82, 2.24) is 8.61 Å². The molecular weight excluding hydrogens is 409 g/mol. The Kier molecular flexibility index (Phi) is 5.83. The largest absolute Gasteiger partial charge is 0.348 e. The maximum Gasteiger partial charge on any atom is 0.348 e. The molecule has 1 atom stereocenters. The van der Waals surface area contributed by atoms with Gasteiger partial charge in [0, 0.05) is 23.9 Å². The predicted octanol–water partition coefficient (Wildman–Crippen LogP) is 4.59. The fourth-order valence-corrected chi connectivity index (χ4v) is 3.63. The third-order valence-corrected chi connectivity index (χ3v) is 4.51. The number of alkyl halides is 6. The summed E-state index contributed by atoms with van der Waals surface area (Å²) in [6, 6.07) is -1.54. The van der Waals surface area contributed by atoms with E-state index in [9.17, 15) is 9.59 Å². The van der Waals surface area contributed by atoms with Crippen molar-refractivity contribution in [2.24, 2.45) is 0 Å². The minimum absolute atomic E-state index is 0.460. The molecule has 1 heterocycles. The molecule has 1 fully saturated rings. The van der Waals surface area contributed by atoms with E-state index in [4.69, 9.17) is 69.6 Å². The number of carbonyl (C=O) groups is 2. The lowest BCUT2D eigenvalue weighted by molar-refractivity contribution is -0.124. The van der Waals surface area contributed by atoms with Crippen molar-refractivity contribution in [2.75, 3.05) is 0 Å². The van der Waals surface area contributed by atoms with Crippen molar-refractivity contribution in [2.45, 2.75) is 19.2 Å².